The van der Waals surface area contributed by atoms with Gasteiger partial charge in [-0.2, -0.15) is 0 Å². The van der Waals surface area contributed by atoms with Gasteiger partial charge in [-0.05, 0) is 12.1 Å². The number of rotatable bonds is 1. The van der Waals surface area contributed by atoms with Gasteiger partial charge in [0, 0.05) is 34.6 Å². The molecule has 0 bridgehead atoms. The summed E-state index contributed by atoms with van der Waals surface area (Å²) in [5, 5.41) is 8.89. The Morgan fingerprint density at radius 1 is 1.38 bits per heavy atom. The third-order valence-electron chi connectivity index (χ3n) is 1.30. The summed E-state index contributed by atoms with van der Waals surface area (Å²) in [6, 6.07) is 2.65. The molecule has 0 saturated heterocycles. The molecule has 3 N–H and O–H groups in total. The van der Waals surface area contributed by atoms with Gasteiger partial charge in [0.1, 0.15) is 0 Å². The Labute approximate surface area is 107 Å². The minimum absolute atomic E-state index is 0. The summed E-state index contributed by atoms with van der Waals surface area (Å²) in [5.74, 6) is -1.14. The Kier molecular flexibility index (Phi) is 5.10. The van der Waals surface area contributed by atoms with Crippen molar-refractivity contribution in [2.75, 3.05) is 5.73 Å². The molecule has 0 aliphatic carbocycles. The first-order valence-corrected chi connectivity index (χ1v) is 3.76. The molecule has 0 amide bonds. The molecular formula is C7H5Cl2NNaO2. The molecule has 0 saturated carbocycles. The first-order chi connectivity index (χ1) is 5.52. The molecule has 13 heavy (non-hydrogen) atoms. The van der Waals surface area contributed by atoms with Crippen LogP contribution in [0.15, 0.2) is 12.1 Å². The number of nitrogens with two attached hydrogens (primary N) is 1. The molecular weight excluding hydrogens is 224 g/mol. The van der Waals surface area contributed by atoms with Crippen molar-refractivity contribution in [3.05, 3.63) is 27.7 Å². The number of anilines is 1. The van der Waals surface area contributed by atoms with E-state index in [2.05, 4.69) is 0 Å². The Morgan fingerprint density at radius 2 is 1.92 bits per heavy atom. The largest absolute Gasteiger partial charge is 0.478 e. The van der Waals surface area contributed by atoms with E-state index in [1.165, 1.54) is 12.1 Å². The predicted octanol–water partition coefficient (Wildman–Crippen LogP) is 1.89. The van der Waals surface area contributed by atoms with Gasteiger partial charge in [0.25, 0.3) is 0 Å². The Bertz CT molecular complexity index is 344. The maximum absolute atomic E-state index is 10.5. The van der Waals surface area contributed by atoms with Crippen LogP contribution in [0.5, 0.6) is 0 Å². The van der Waals surface area contributed by atoms with Crippen LogP contribution < -0.4 is 5.73 Å². The zero-order chi connectivity index (χ0) is 9.30. The van der Waals surface area contributed by atoms with E-state index in [1.807, 2.05) is 0 Å². The van der Waals surface area contributed by atoms with E-state index < -0.39 is 5.97 Å². The van der Waals surface area contributed by atoms with Gasteiger partial charge in [0.15, 0.2) is 0 Å². The van der Waals surface area contributed by atoms with E-state index in [0.717, 1.165) is 0 Å². The molecule has 1 rings (SSSR count). The zero-order valence-corrected chi connectivity index (χ0v) is 10.4. The summed E-state index contributed by atoms with van der Waals surface area (Å²) in [6.07, 6.45) is 0. The Balaban J connectivity index is 0.00000144. The predicted molar refractivity (Wildman–Crippen MR) is 53.6 cm³/mol. The van der Waals surface area contributed by atoms with Crippen LogP contribution in [0, 0.1) is 0 Å². The molecule has 0 unspecified atom stereocenters. The molecule has 0 fully saturated rings. The SMILES string of the molecule is Nc1cc(Cl)cc(C(=O)O)c1Cl.[Na]. The fourth-order valence-corrected chi connectivity index (χ4v) is 1.18. The van der Waals surface area contributed by atoms with Crippen molar-refractivity contribution in [2.45, 2.75) is 0 Å². The number of benzene rings is 1. The number of hydrogen-bond donors (Lipinski definition) is 2. The molecule has 3 nitrogen and oxygen atoms in total. The Morgan fingerprint density at radius 3 is 2.38 bits per heavy atom. The van der Waals surface area contributed by atoms with Gasteiger partial charge in [-0.15, -0.1) is 0 Å². The van der Waals surface area contributed by atoms with Crippen molar-refractivity contribution in [1.29, 1.82) is 0 Å². The summed E-state index contributed by atoms with van der Waals surface area (Å²) >= 11 is 11.2. The number of halogens is 2. The fourth-order valence-electron chi connectivity index (χ4n) is 0.766. The van der Waals surface area contributed by atoms with Crippen molar-refractivity contribution < 1.29 is 9.90 Å². The van der Waals surface area contributed by atoms with Gasteiger partial charge in [-0.25, -0.2) is 4.79 Å². The van der Waals surface area contributed by atoms with Crippen molar-refractivity contribution >= 4 is 64.4 Å². The number of carboxylic acids is 1. The third kappa shape index (κ3) is 3.04. The van der Waals surface area contributed by atoms with Crippen LogP contribution in [-0.2, 0) is 0 Å². The third-order valence-corrected chi connectivity index (χ3v) is 1.94. The number of carboxylic acid groups (broad SMARTS) is 1. The smallest absolute Gasteiger partial charge is 0.337 e. The van der Waals surface area contributed by atoms with Gasteiger partial charge in [-0.3, -0.25) is 0 Å². The van der Waals surface area contributed by atoms with Crippen LogP contribution in [0.2, 0.25) is 10.0 Å². The summed E-state index contributed by atoms with van der Waals surface area (Å²) in [4.78, 5) is 10.5. The molecule has 6 heteroatoms. The molecule has 0 atom stereocenters. The van der Waals surface area contributed by atoms with Gasteiger partial charge >= 0.3 is 5.97 Å². The second-order valence-electron chi connectivity index (χ2n) is 2.16. The van der Waals surface area contributed by atoms with Gasteiger partial charge < -0.3 is 10.8 Å². The summed E-state index contributed by atoms with van der Waals surface area (Å²) in [5.41, 5.74) is 5.47. The molecule has 0 heterocycles. The van der Waals surface area contributed by atoms with Crippen molar-refractivity contribution in [3.63, 3.8) is 0 Å². The zero-order valence-electron chi connectivity index (χ0n) is 6.84. The van der Waals surface area contributed by atoms with Crippen LogP contribution in [0.4, 0.5) is 5.69 Å². The van der Waals surface area contributed by atoms with Crippen LogP contribution in [-0.4, -0.2) is 40.6 Å². The average molecular weight is 229 g/mol. The molecule has 65 valence electrons. The van der Waals surface area contributed by atoms with Crippen molar-refractivity contribution in [2.24, 2.45) is 0 Å². The quantitative estimate of drug-likeness (QED) is 0.570. The van der Waals surface area contributed by atoms with Crippen molar-refractivity contribution in [3.8, 4) is 0 Å². The molecule has 0 spiro atoms. The summed E-state index contributed by atoms with van der Waals surface area (Å²) < 4.78 is 0. The molecule has 0 aromatic heterocycles. The summed E-state index contributed by atoms with van der Waals surface area (Å²) in [7, 11) is 0. The molecule has 1 radical (unpaired) electrons. The van der Waals surface area contributed by atoms with Gasteiger partial charge in [0.05, 0.1) is 16.3 Å². The molecule has 0 aliphatic rings. The normalized spacial score (nSPS) is 9.08. The topological polar surface area (TPSA) is 63.3 Å². The monoisotopic (exact) mass is 228 g/mol. The second kappa shape index (κ2) is 5.08. The van der Waals surface area contributed by atoms with E-state index in [9.17, 15) is 4.79 Å². The second-order valence-corrected chi connectivity index (χ2v) is 2.98. The fraction of sp³-hybridized carbons (Fsp3) is 0. The van der Waals surface area contributed by atoms with E-state index in [4.69, 9.17) is 34.0 Å². The van der Waals surface area contributed by atoms with Crippen LogP contribution in [0.25, 0.3) is 0 Å². The average Bonchev–Trinajstić information content (AvgIpc) is 1.96. The number of hydrogen-bond acceptors (Lipinski definition) is 2. The Hall–Kier alpha value is 0.0700. The van der Waals surface area contributed by atoms with E-state index in [-0.39, 0.29) is 50.9 Å². The van der Waals surface area contributed by atoms with E-state index >= 15 is 0 Å². The first-order valence-electron chi connectivity index (χ1n) is 3.00. The van der Waals surface area contributed by atoms with Crippen molar-refractivity contribution in [1.82, 2.24) is 0 Å². The van der Waals surface area contributed by atoms with Crippen LogP contribution in [0.1, 0.15) is 10.4 Å². The van der Waals surface area contributed by atoms with Crippen LogP contribution in [0.3, 0.4) is 0 Å². The number of aromatic carboxylic acids is 1. The van der Waals surface area contributed by atoms with Gasteiger partial charge in [0.2, 0.25) is 0 Å². The minimum Gasteiger partial charge on any atom is -0.478 e. The van der Waals surface area contributed by atoms with Gasteiger partial charge in [-0.1, -0.05) is 23.2 Å². The number of carbonyl (C=O) groups is 1. The van der Waals surface area contributed by atoms with Crippen LogP contribution >= 0.6 is 23.2 Å². The standard InChI is InChI=1S/C7H5Cl2NO2.Na/c8-3-1-4(7(11)12)6(9)5(10)2-3;/h1-2H,10H2,(H,11,12);. The maximum atomic E-state index is 10.5. The molecule has 0 aliphatic heterocycles. The van der Waals surface area contributed by atoms with E-state index in [1.54, 1.807) is 0 Å². The van der Waals surface area contributed by atoms with E-state index in [0.29, 0.717) is 0 Å². The number of nitrogen functional groups attached to an aromatic ring is 1. The first kappa shape index (κ1) is 13.1. The summed E-state index contributed by atoms with van der Waals surface area (Å²) in [6.45, 7) is 0. The molecule has 1 aromatic rings. The maximum Gasteiger partial charge on any atom is 0.337 e. The molecule has 1 aromatic carbocycles. The minimum atomic E-state index is -1.14.